The summed E-state index contributed by atoms with van der Waals surface area (Å²) >= 11 is 0. The van der Waals surface area contributed by atoms with Gasteiger partial charge in [-0.3, -0.25) is 9.59 Å². The van der Waals surface area contributed by atoms with Crippen LogP contribution in [0.25, 0.3) is 32.9 Å². The van der Waals surface area contributed by atoms with E-state index in [0.717, 1.165) is 16.5 Å². The third kappa shape index (κ3) is 2.23. The molecule has 3 aromatic carbocycles. The molecule has 0 fully saturated rings. The Balaban J connectivity index is 1.91. The fourth-order valence-corrected chi connectivity index (χ4v) is 2.77. The Morgan fingerprint density at radius 3 is 2.39 bits per heavy atom. The minimum Gasteiger partial charge on any atom is -0.463 e. The molecule has 4 aromatic rings. The number of hydrogen-bond donors (Lipinski definition) is 0. The highest BCUT2D eigenvalue weighted by Gasteiger charge is 2.08. The Bertz CT molecular complexity index is 1110. The minimum atomic E-state index is -0.300. The summed E-state index contributed by atoms with van der Waals surface area (Å²) in [6.45, 7) is 0. The average molecular weight is 300 g/mol. The standard InChI is InChI=1S/C20H12O3/c21-11-17-12-23-19-10-16(7-8-18(19)20(17)22)15-6-5-13-3-1-2-4-14(13)9-15/h1-12H. The van der Waals surface area contributed by atoms with Gasteiger partial charge in [0, 0.05) is 0 Å². The normalized spacial score (nSPS) is 11.0. The maximum Gasteiger partial charge on any atom is 0.203 e. The predicted octanol–water partition coefficient (Wildman–Crippen LogP) is 4.43. The Morgan fingerprint density at radius 1 is 0.826 bits per heavy atom. The summed E-state index contributed by atoms with van der Waals surface area (Å²) in [6.07, 6.45) is 1.73. The molecule has 0 radical (unpaired) electrons. The van der Waals surface area contributed by atoms with Gasteiger partial charge in [-0.05, 0) is 40.1 Å². The SMILES string of the molecule is O=Cc1coc2cc(-c3ccc4ccccc4c3)ccc2c1=O. The van der Waals surface area contributed by atoms with E-state index in [9.17, 15) is 9.59 Å². The van der Waals surface area contributed by atoms with Gasteiger partial charge in [-0.1, -0.05) is 42.5 Å². The molecule has 4 rings (SSSR count). The molecule has 0 amide bonds. The zero-order valence-corrected chi connectivity index (χ0v) is 12.2. The molecule has 0 saturated heterocycles. The molecule has 3 nitrogen and oxygen atoms in total. The molecule has 1 heterocycles. The summed E-state index contributed by atoms with van der Waals surface area (Å²) < 4.78 is 5.43. The molecule has 23 heavy (non-hydrogen) atoms. The van der Waals surface area contributed by atoms with Crippen molar-refractivity contribution in [1.29, 1.82) is 0 Å². The summed E-state index contributed by atoms with van der Waals surface area (Å²) in [6, 6.07) is 19.8. The van der Waals surface area contributed by atoms with Gasteiger partial charge in [-0.25, -0.2) is 0 Å². The lowest BCUT2D eigenvalue weighted by Gasteiger charge is -2.05. The fraction of sp³-hybridized carbons (Fsp3) is 0. The summed E-state index contributed by atoms with van der Waals surface area (Å²) in [5.41, 5.74) is 2.23. The lowest BCUT2D eigenvalue weighted by atomic mass is 10.00. The molecule has 110 valence electrons. The first-order chi connectivity index (χ1) is 11.3. The second kappa shape index (κ2) is 5.21. The monoisotopic (exact) mass is 300 g/mol. The van der Waals surface area contributed by atoms with Crippen molar-refractivity contribution in [2.75, 3.05) is 0 Å². The summed E-state index contributed by atoms with van der Waals surface area (Å²) in [5, 5.41) is 2.75. The molecule has 0 unspecified atom stereocenters. The van der Waals surface area contributed by atoms with Gasteiger partial charge in [0.15, 0.2) is 6.29 Å². The number of fused-ring (bicyclic) bond motifs is 2. The van der Waals surface area contributed by atoms with Crippen LogP contribution in [0.2, 0.25) is 0 Å². The number of aldehydes is 1. The third-order valence-electron chi connectivity index (χ3n) is 4.01. The summed E-state index contributed by atoms with van der Waals surface area (Å²) in [5.74, 6) is 0. The summed E-state index contributed by atoms with van der Waals surface area (Å²) in [7, 11) is 0. The van der Waals surface area contributed by atoms with Crippen LogP contribution in [0.5, 0.6) is 0 Å². The first-order valence-electron chi connectivity index (χ1n) is 7.26. The third-order valence-corrected chi connectivity index (χ3v) is 4.01. The van der Waals surface area contributed by atoms with Crippen LogP contribution in [0.1, 0.15) is 10.4 Å². The second-order valence-electron chi connectivity index (χ2n) is 5.41. The number of carbonyl (C=O) groups is 1. The topological polar surface area (TPSA) is 47.3 Å². The molecular formula is C20H12O3. The highest BCUT2D eigenvalue weighted by Crippen LogP contribution is 2.26. The molecular weight excluding hydrogens is 288 g/mol. The fourth-order valence-electron chi connectivity index (χ4n) is 2.77. The number of rotatable bonds is 2. The van der Waals surface area contributed by atoms with Crippen molar-refractivity contribution in [2.45, 2.75) is 0 Å². The van der Waals surface area contributed by atoms with Crippen molar-refractivity contribution >= 4 is 28.0 Å². The van der Waals surface area contributed by atoms with Crippen LogP contribution in [-0.4, -0.2) is 6.29 Å². The van der Waals surface area contributed by atoms with Crippen LogP contribution in [0.4, 0.5) is 0 Å². The average Bonchev–Trinajstić information content (AvgIpc) is 2.61. The molecule has 0 saturated carbocycles. The van der Waals surface area contributed by atoms with Gasteiger partial charge < -0.3 is 4.42 Å². The second-order valence-corrected chi connectivity index (χ2v) is 5.41. The van der Waals surface area contributed by atoms with Crippen molar-refractivity contribution in [3.8, 4) is 11.1 Å². The summed E-state index contributed by atoms with van der Waals surface area (Å²) in [4.78, 5) is 22.9. The van der Waals surface area contributed by atoms with Crippen LogP contribution in [0, 0.1) is 0 Å². The Labute approximate surface area is 131 Å². The lowest BCUT2D eigenvalue weighted by molar-refractivity contribution is 0.112. The van der Waals surface area contributed by atoms with Gasteiger partial charge in [0.1, 0.15) is 11.8 Å². The first kappa shape index (κ1) is 13.5. The van der Waals surface area contributed by atoms with Crippen molar-refractivity contribution in [1.82, 2.24) is 0 Å². The quantitative estimate of drug-likeness (QED) is 0.515. The van der Waals surface area contributed by atoms with Crippen LogP contribution < -0.4 is 5.43 Å². The molecule has 3 heteroatoms. The van der Waals surface area contributed by atoms with E-state index in [1.54, 1.807) is 6.07 Å². The molecule has 0 spiro atoms. The predicted molar refractivity (Wildman–Crippen MR) is 90.8 cm³/mol. The smallest absolute Gasteiger partial charge is 0.203 e. The van der Waals surface area contributed by atoms with Gasteiger partial charge in [-0.15, -0.1) is 0 Å². The van der Waals surface area contributed by atoms with Gasteiger partial charge >= 0.3 is 0 Å². The molecule has 0 atom stereocenters. The van der Waals surface area contributed by atoms with Crippen molar-refractivity contribution in [3.63, 3.8) is 0 Å². The molecule has 1 aromatic heterocycles. The zero-order valence-electron chi connectivity index (χ0n) is 12.2. The molecule has 0 bridgehead atoms. The first-order valence-corrected chi connectivity index (χ1v) is 7.26. The molecule has 0 N–H and O–H groups in total. The van der Waals surface area contributed by atoms with Crippen molar-refractivity contribution < 1.29 is 9.21 Å². The van der Waals surface area contributed by atoms with Crippen LogP contribution in [0.3, 0.4) is 0 Å². The van der Waals surface area contributed by atoms with E-state index in [1.165, 1.54) is 11.6 Å². The van der Waals surface area contributed by atoms with Gasteiger partial charge in [0.2, 0.25) is 5.43 Å². The van der Waals surface area contributed by atoms with E-state index < -0.39 is 0 Å². The Morgan fingerprint density at radius 2 is 1.57 bits per heavy atom. The molecule has 0 aliphatic rings. The number of hydrogen-bond acceptors (Lipinski definition) is 3. The number of benzene rings is 3. The largest absolute Gasteiger partial charge is 0.463 e. The highest BCUT2D eigenvalue weighted by molar-refractivity contribution is 5.90. The molecule has 0 aliphatic heterocycles. The van der Waals surface area contributed by atoms with E-state index in [1.807, 2.05) is 30.3 Å². The van der Waals surface area contributed by atoms with E-state index in [-0.39, 0.29) is 11.0 Å². The number of carbonyl (C=O) groups excluding carboxylic acids is 1. The zero-order chi connectivity index (χ0) is 15.8. The van der Waals surface area contributed by atoms with Gasteiger partial charge in [-0.2, -0.15) is 0 Å². The Kier molecular flexibility index (Phi) is 3.05. The van der Waals surface area contributed by atoms with E-state index in [0.29, 0.717) is 17.3 Å². The van der Waals surface area contributed by atoms with Crippen molar-refractivity contribution in [2.24, 2.45) is 0 Å². The van der Waals surface area contributed by atoms with Crippen molar-refractivity contribution in [3.05, 3.63) is 82.7 Å². The van der Waals surface area contributed by atoms with Crippen LogP contribution >= 0.6 is 0 Å². The van der Waals surface area contributed by atoms with Gasteiger partial charge in [0.05, 0.1) is 10.9 Å². The van der Waals surface area contributed by atoms with E-state index >= 15 is 0 Å². The minimum absolute atomic E-state index is 0.0379. The maximum absolute atomic E-state index is 12.1. The Hall–Kier alpha value is -3.20. The van der Waals surface area contributed by atoms with E-state index in [4.69, 9.17) is 4.42 Å². The van der Waals surface area contributed by atoms with Gasteiger partial charge in [0.25, 0.3) is 0 Å². The van der Waals surface area contributed by atoms with E-state index in [2.05, 4.69) is 24.3 Å². The maximum atomic E-state index is 12.1. The highest BCUT2D eigenvalue weighted by atomic mass is 16.3. The van der Waals surface area contributed by atoms with Crippen LogP contribution in [-0.2, 0) is 0 Å². The molecule has 0 aliphatic carbocycles. The van der Waals surface area contributed by atoms with Crippen LogP contribution in [0.15, 0.2) is 76.1 Å². The lowest BCUT2D eigenvalue weighted by Crippen LogP contribution is -2.07.